The van der Waals surface area contributed by atoms with Crippen LogP contribution >= 0.6 is 11.7 Å². The average Bonchev–Trinajstić information content (AvgIpc) is 3.69. The number of ketones is 4. The van der Waals surface area contributed by atoms with E-state index >= 15 is 0 Å². The first kappa shape index (κ1) is 52.2. The third-order valence-electron chi connectivity index (χ3n) is 12.1. The minimum atomic E-state index is -1.40. The molecule has 0 bridgehead atoms. The predicted octanol–water partition coefficient (Wildman–Crippen LogP) is 6.36. The van der Waals surface area contributed by atoms with Crippen molar-refractivity contribution < 1.29 is 52.4 Å². The SMILES string of the molecule is CCC(C)(OC(C)C(=O)C(C)(CC)OCC(=O)N(C[C@@H](COc1nsnc1N1CCOCC1)OC(CC)(CC)C(=O)C(C)OC(CC)(CC)C(C)=O)C(C)(C)C)C(C)=O. The molecule has 1 aliphatic rings. The van der Waals surface area contributed by atoms with Crippen LogP contribution in [0.25, 0.3) is 0 Å². The summed E-state index contributed by atoms with van der Waals surface area (Å²) >= 11 is 1.02. The van der Waals surface area contributed by atoms with Crippen molar-refractivity contribution in [1.82, 2.24) is 13.6 Å². The second kappa shape index (κ2) is 22.3. The number of Topliss-reactive ketones (excluding diaryl/α,β-unsaturated/α-hetero) is 4. The van der Waals surface area contributed by atoms with Gasteiger partial charge in [-0.25, -0.2) is 0 Å². The minimum Gasteiger partial charge on any atom is -0.472 e. The van der Waals surface area contributed by atoms with Crippen molar-refractivity contribution in [1.29, 1.82) is 0 Å². The van der Waals surface area contributed by atoms with Crippen molar-refractivity contribution in [3.05, 3.63) is 0 Å². The van der Waals surface area contributed by atoms with Crippen molar-refractivity contribution in [2.75, 3.05) is 51.0 Å². The number of morpholine rings is 1. The molecule has 5 atom stereocenters. The fourth-order valence-electron chi connectivity index (χ4n) is 7.32. The highest BCUT2D eigenvalue weighted by Gasteiger charge is 2.46. The van der Waals surface area contributed by atoms with Crippen LogP contribution < -0.4 is 9.64 Å². The summed E-state index contributed by atoms with van der Waals surface area (Å²) in [5.41, 5.74) is -5.80. The van der Waals surface area contributed by atoms with Crippen molar-refractivity contribution >= 4 is 46.6 Å². The van der Waals surface area contributed by atoms with Crippen LogP contribution in [-0.2, 0) is 47.7 Å². The fraction of sp³-hybridized carbons (Fsp3) is 0.837. The highest BCUT2D eigenvalue weighted by Crippen LogP contribution is 2.33. The van der Waals surface area contributed by atoms with Gasteiger partial charge in [-0.1, -0.05) is 41.5 Å². The van der Waals surface area contributed by atoms with Gasteiger partial charge in [-0.3, -0.25) is 24.0 Å². The van der Waals surface area contributed by atoms with Crippen LogP contribution in [0, 0.1) is 0 Å². The van der Waals surface area contributed by atoms with Gasteiger partial charge >= 0.3 is 0 Å². The van der Waals surface area contributed by atoms with Gasteiger partial charge in [0, 0.05) is 18.6 Å². The lowest BCUT2D eigenvalue weighted by Gasteiger charge is -2.42. The molecule has 2 rings (SSSR count). The van der Waals surface area contributed by atoms with Crippen LogP contribution in [0.5, 0.6) is 5.88 Å². The minimum absolute atomic E-state index is 0.0223. The molecular formula is C43H74N4O11S. The van der Waals surface area contributed by atoms with E-state index in [9.17, 15) is 24.0 Å². The van der Waals surface area contributed by atoms with Gasteiger partial charge < -0.3 is 38.2 Å². The van der Waals surface area contributed by atoms with Crippen molar-refractivity contribution in [2.45, 2.75) is 189 Å². The first-order valence-electron chi connectivity index (χ1n) is 21.4. The molecule has 338 valence electrons. The number of hydrogen-bond acceptors (Lipinski definition) is 15. The first-order chi connectivity index (χ1) is 27.5. The van der Waals surface area contributed by atoms with Crippen LogP contribution in [0.15, 0.2) is 0 Å². The van der Waals surface area contributed by atoms with E-state index in [1.54, 1.807) is 39.5 Å². The van der Waals surface area contributed by atoms with Crippen LogP contribution in [-0.4, -0.2) is 135 Å². The molecule has 1 aliphatic heterocycles. The molecule has 0 spiro atoms. The maximum absolute atomic E-state index is 14.5. The van der Waals surface area contributed by atoms with Gasteiger partial charge in [0.25, 0.3) is 5.88 Å². The molecule has 2 heterocycles. The van der Waals surface area contributed by atoms with Gasteiger partial charge in [-0.15, -0.1) is 4.37 Å². The van der Waals surface area contributed by atoms with Crippen LogP contribution in [0.4, 0.5) is 5.82 Å². The average molecular weight is 855 g/mol. The summed E-state index contributed by atoms with van der Waals surface area (Å²) in [6.07, 6.45) is -0.842. The molecule has 1 aromatic rings. The molecule has 16 heteroatoms. The number of ether oxygens (including phenoxy) is 6. The summed E-state index contributed by atoms with van der Waals surface area (Å²) in [5.74, 6) is -0.586. The zero-order valence-electron chi connectivity index (χ0n) is 38.6. The third kappa shape index (κ3) is 13.1. The number of anilines is 1. The van der Waals surface area contributed by atoms with E-state index in [2.05, 4.69) is 8.75 Å². The molecule has 0 radical (unpaired) electrons. The summed E-state index contributed by atoms with van der Waals surface area (Å²) in [6.45, 7) is 27.9. The molecule has 0 aromatic carbocycles. The van der Waals surface area contributed by atoms with E-state index in [1.165, 1.54) is 13.8 Å². The Morgan fingerprint density at radius 1 is 0.729 bits per heavy atom. The Hall–Kier alpha value is -2.89. The highest BCUT2D eigenvalue weighted by molar-refractivity contribution is 6.99. The molecule has 1 amide bonds. The normalized spacial score (nSPS) is 17.6. The molecule has 0 N–H and O–H groups in total. The topological polar surface area (TPSA) is 173 Å². The van der Waals surface area contributed by atoms with Crippen molar-refractivity contribution in [2.24, 2.45) is 0 Å². The van der Waals surface area contributed by atoms with Crippen LogP contribution in [0.3, 0.4) is 0 Å². The predicted molar refractivity (Wildman–Crippen MR) is 227 cm³/mol. The summed E-state index contributed by atoms with van der Waals surface area (Å²) in [4.78, 5) is 71.4. The van der Waals surface area contributed by atoms with Crippen molar-refractivity contribution in [3.63, 3.8) is 0 Å². The number of rotatable bonds is 27. The highest BCUT2D eigenvalue weighted by atomic mass is 32.1. The van der Waals surface area contributed by atoms with Crippen LogP contribution in [0.2, 0.25) is 0 Å². The van der Waals surface area contributed by atoms with E-state index < -0.39 is 58.8 Å². The second-order valence-corrected chi connectivity index (χ2v) is 17.5. The molecule has 0 saturated carbocycles. The zero-order valence-corrected chi connectivity index (χ0v) is 39.4. The Morgan fingerprint density at radius 3 is 1.75 bits per heavy atom. The first-order valence-corrected chi connectivity index (χ1v) is 22.1. The molecule has 15 nitrogen and oxygen atoms in total. The molecule has 1 fully saturated rings. The molecule has 1 aromatic heterocycles. The van der Waals surface area contributed by atoms with E-state index in [4.69, 9.17) is 28.4 Å². The lowest BCUT2D eigenvalue weighted by molar-refractivity contribution is -0.184. The number of amides is 1. The molecule has 0 aliphatic carbocycles. The monoisotopic (exact) mass is 855 g/mol. The summed E-state index contributed by atoms with van der Waals surface area (Å²) in [7, 11) is 0. The summed E-state index contributed by atoms with van der Waals surface area (Å²) in [5, 5.41) is 0. The smallest absolute Gasteiger partial charge is 0.270 e. The second-order valence-electron chi connectivity index (χ2n) is 16.9. The van der Waals surface area contributed by atoms with E-state index in [0.717, 1.165) is 11.7 Å². The Kier molecular flexibility index (Phi) is 19.7. The van der Waals surface area contributed by atoms with E-state index in [1.807, 2.05) is 60.3 Å². The zero-order chi connectivity index (χ0) is 45.0. The van der Waals surface area contributed by atoms with Gasteiger partial charge in [0.1, 0.15) is 53.9 Å². The van der Waals surface area contributed by atoms with Gasteiger partial charge in [-0.2, -0.15) is 4.37 Å². The number of hydrogen-bond donors (Lipinski definition) is 0. The number of carbonyl (C=O) groups is 5. The van der Waals surface area contributed by atoms with E-state index in [0.29, 0.717) is 57.3 Å². The summed E-state index contributed by atoms with van der Waals surface area (Å²) < 4.78 is 46.2. The van der Waals surface area contributed by atoms with Gasteiger partial charge in [0.05, 0.1) is 31.5 Å². The molecular weight excluding hydrogens is 781 g/mol. The Morgan fingerprint density at radius 2 is 1.27 bits per heavy atom. The number of nitrogens with zero attached hydrogens (tertiary/aromatic N) is 4. The molecule has 59 heavy (non-hydrogen) atoms. The lowest BCUT2D eigenvalue weighted by Crippen LogP contribution is -2.57. The number of carbonyl (C=O) groups excluding carboxylic acids is 5. The maximum Gasteiger partial charge on any atom is 0.270 e. The van der Waals surface area contributed by atoms with E-state index in [-0.39, 0.29) is 55.5 Å². The molecule has 1 saturated heterocycles. The Labute approximate surface area is 357 Å². The number of aromatic nitrogens is 2. The Balaban J connectivity index is 2.51. The quantitative estimate of drug-likeness (QED) is 0.0956. The maximum atomic E-state index is 14.5. The van der Waals surface area contributed by atoms with Crippen LogP contribution in [0.1, 0.15) is 142 Å². The van der Waals surface area contributed by atoms with Gasteiger partial charge in [-0.05, 0) is 101 Å². The third-order valence-corrected chi connectivity index (χ3v) is 12.6. The van der Waals surface area contributed by atoms with Crippen molar-refractivity contribution in [3.8, 4) is 5.88 Å². The summed E-state index contributed by atoms with van der Waals surface area (Å²) in [6, 6.07) is 0. The molecule has 4 unspecified atom stereocenters. The largest absolute Gasteiger partial charge is 0.472 e. The van der Waals surface area contributed by atoms with Gasteiger partial charge in [0.15, 0.2) is 23.1 Å². The lowest BCUT2D eigenvalue weighted by atomic mass is 9.87. The standard InChI is InChI=1S/C43H74N4O11S/c1-16-40(14,31(9)48)56-29(7)35(51)41(15,17-2)55-28-34(50)47(39(11,12)13)26-33(27-54-38-37(44-59-45-38)46-22-24-53-25-23-46)58-43(20-5,21-6)36(52)30(8)57-42(18-3,19-4)32(10)49/h29-30,33H,16-28H2,1-15H3/t29?,30?,33-,40?,41?/m0/s1. The Bertz CT molecular complexity index is 1550. The fourth-order valence-corrected chi connectivity index (χ4v) is 7.84. The van der Waals surface area contributed by atoms with Gasteiger partial charge in [0.2, 0.25) is 11.7 Å².